The lowest BCUT2D eigenvalue weighted by atomic mass is 9.66. The van der Waals surface area contributed by atoms with E-state index in [4.69, 9.17) is 5.11 Å². The lowest BCUT2D eigenvalue weighted by molar-refractivity contribution is -0.158. The highest BCUT2D eigenvalue weighted by Crippen LogP contribution is 2.41. The molecule has 2 unspecified atom stereocenters. The average Bonchev–Trinajstić information content (AvgIpc) is 2.49. The lowest BCUT2D eigenvalue weighted by Gasteiger charge is -2.44. The Bertz CT molecular complexity index is 602. The molecule has 0 spiro atoms. The highest BCUT2D eigenvalue weighted by atomic mass is 16.4. The van der Waals surface area contributed by atoms with Crippen molar-refractivity contribution in [1.29, 1.82) is 0 Å². The summed E-state index contributed by atoms with van der Waals surface area (Å²) in [4.78, 5) is 35.5. The Kier molecular flexibility index (Phi) is 4.88. The number of rotatable bonds is 5. The molecule has 2 atom stereocenters. The zero-order chi connectivity index (χ0) is 17.0. The van der Waals surface area contributed by atoms with E-state index in [1.165, 1.54) is 0 Å². The minimum Gasteiger partial charge on any atom is -0.481 e. The maximum atomic E-state index is 12.0. The van der Waals surface area contributed by atoms with E-state index in [1.807, 2.05) is 0 Å². The topological polar surface area (TPSA) is 115 Å². The maximum absolute atomic E-state index is 12.0. The van der Waals surface area contributed by atoms with Crippen molar-refractivity contribution in [3.05, 3.63) is 35.9 Å². The summed E-state index contributed by atoms with van der Waals surface area (Å²) in [6.45, 7) is -0.0540. The first-order valence-corrected chi connectivity index (χ1v) is 7.32. The van der Waals surface area contributed by atoms with Gasteiger partial charge >= 0.3 is 18.0 Å². The van der Waals surface area contributed by atoms with Crippen LogP contribution in [0.1, 0.15) is 18.4 Å². The molecule has 124 valence electrons. The summed E-state index contributed by atoms with van der Waals surface area (Å²) in [6, 6.07) is 8.88. The standard InChI is InChI=1S/C16H19NO6/c18-13(19)8-12-6-7-17(15(22)23)10-16(12,14(20)21)9-11-4-2-1-3-5-11/h1-5,12H,6-10H2,(H,18,19)(H,20,21)(H,22,23). The van der Waals surface area contributed by atoms with Gasteiger partial charge in [0, 0.05) is 19.5 Å². The Hall–Kier alpha value is -2.57. The van der Waals surface area contributed by atoms with Gasteiger partial charge in [0.2, 0.25) is 0 Å². The summed E-state index contributed by atoms with van der Waals surface area (Å²) in [5.74, 6) is -2.84. The van der Waals surface area contributed by atoms with E-state index in [-0.39, 0.29) is 32.4 Å². The Balaban J connectivity index is 2.40. The van der Waals surface area contributed by atoms with Crippen molar-refractivity contribution in [3.8, 4) is 0 Å². The van der Waals surface area contributed by atoms with Crippen molar-refractivity contribution in [2.45, 2.75) is 19.3 Å². The summed E-state index contributed by atoms with van der Waals surface area (Å²) in [5.41, 5.74) is -0.686. The number of aliphatic carboxylic acids is 2. The molecule has 1 aromatic rings. The van der Waals surface area contributed by atoms with Crippen LogP contribution in [0.15, 0.2) is 30.3 Å². The van der Waals surface area contributed by atoms with Crippen LogP contribution in [0.5, 0.6) is 0 Å². The van der Waals surface area contributed by atoms with Crippen LogP contribution in [-0.2, 0) is 16.0 Å². The number of carbonyl (C=O) groups is 3. The number of carboxylic acid groups (broad SMARTS) is 3. The number of hydrogen-bond donors (Lipinski definition) is 3. The Morgan fingerprint density at radius 1 is 1.13 bits per heavy atom. The number of nitrogens with zero attached hydrogens (tertiary/aromatic N) is 1. The lowest BCUT2D eigenvalue weighted by Crippen LogP contribution is -2.56. The Morgan fingerprint density at radius 2 is 1.78 bits per heavy atom. The zero-order valence-electron chi connectivity index (χ0n) is 12.5. The minimum atomic E-state index is -1.43. The molecule has 7 nitrogen and oxygen atoms in total. The van der Waals surface area contributed by atoms with E-state index in [2.05, 4.69) is 0 Å². The van der Waals surface area contributed by atoms with Gasteiger partial charge in [0.05, 0.1) is 5.41 Å². The van der Waals surface area contributed by atoms with Crippen molar-refractivity contribution in [2.75, 3.05) is 13.1 Å². The normalized spacial score (nSPS) is 24.2. The first-order chi connectivity index (χ1) is 10.8. The highest BCUT2D eigenvalue weighted by molar-refractivity contribution is 5.79. The van der Waals surface area contributed by atoms with Gasteiger partial charge in [-0.05, 0) is 24.3 Å². The first kappa shape index (κ1) is 16.8. The molecule has 1 saturated heterocycles. The number of likely N-dealkylation sites (tertiary alicyclic amines) is 1. The summed E-state index contributed by atoms with van der Waals surface area (Å²) in [6.07, 6.45) is -1.15. The second-order valence-electron chi connectivity index (χ2n) is 5.91. The minimum absolute atomic E-state index is 0.102. The number of hydrogen-bond acceptors (Lipinski definition) is 3. The second kappa shape index (κ2) is 6.68. The van der Waals surface area contributed by atoms with Crippen molar-refractivity contribution in [2.24, 2.45) is 11.3 Å². The van der Waals surface area contributed by atoms with E-state index in [1.54, 1.807) is 30.3 Å². The molecule has 1 aromatic carbocycles. The van der Waals surface area contributed by atoms with Crippen molar-refractivity contribution in [3.63, 3.8) is 0 Å². The van der Waals surface area contributed by atoms with E-state index in [0.717, 1.165) is 10.5 Å². The molecule has 3 N–H and O–H groups in total. The van der Waals surface area contributed by atoms with Crippen LogP contribution in [0.25, 0.3) is 0 Å². The Labute approximate surface area is 133 Å². The molecule has 0 aliphatic carbocycles. The summed E-state index contributed by atoms with van der Waals surface area (Å²) in [5, 5.41) is 28.1. The quantitative estimate of drug-likeness (QED) is 0.761. The van der Waals surface area contributed by atoms with Gasteiger partial charge in [-0.15, -0.1) is 0 Å². The molecule has 1 aliphatic heterocycles. The van der Waals surface area contributed by atoms with Crippen LogP contribution in [-0.4, -0.2) is 51.3 Å². The fourth-order valence-electron chi connectivity index (χ4n) is 3.29. The highest BCUT2D eigenvalue weighted by Gasteiger charge is 2.51. The van der Waals surface area contributed by atoms with Gasteiger partial charge in [0.1, 0.15) is 0 Å². The number of carboxylic acids is 2. The van der Waals surface area contributed by atoms with E-state index >= 15 is 0 Å². The molecule has 1 aliphatic rings. The molecule has 0 bridgehead atoms. The van der Waals surface area contributed by atoms with Gasteiger partial charge in [-0.25, -0.2) is 4.79 Å². The van der Waals surface area contributed by atoms with Crippen LogP contribution in [0.4, 0.5) is 4.79 Å². The third-order valence-corrected chi connectivity index (χ3v) is 4.48. The summed E-state index contributed by atoms with van der Waals surface area (Å²) in [7, 11) is 0. The predicted molar refractivity (Wildman–Crippen MR) is 80.2 cm³/mol. The predicted octanol–water partition coefficient (Wildman–Crippen LogP) is 1.77. The number of piperidine rings is 1. The van der Waals surface area contributed by atoms with Crippen LogP contribution in [0.3, 0.4) is 0 Å². The fourth-order valence-corrected chi connectivity index (χ4v) is 3.29. The van der Waals surface area contributed by atoms with Gasteiger partial charge in [0.15, 0.2) is 0 Å². The molecule has 1 fully saturated rings. The van der Waals surface area contributed by atoms with Crippen LogP contribution < -0.4 is 0 Å². The third kappa shape index (κ3) is 3.61. The van der Waals surface area contributed by atoms with E-state index in [0.29, 0.717) is 0 Å². The van der Waals surface area contributed by atoms with Crippen LogP contribution in [0.2, 0.25) is 0 Å². The molecule has 0 saturated carbocycles. The number of benzene rings is 1. The molecular weight excluding hydrogens is 302 g/mol. The van der Waals surface area contributed by atoms with E-state index in [9.17, 15) is 24.6 Å². The van der Waals surface area contributed by atoms with Gasteiger partial charge < -0.3 is 20.2 Å². The third-order valence-electron chi connectivity index (χ3n) is 4.48. The second-order valence-corrected chi connectivity index (χ2v) is 5.91. The van der Waals surface area contributed by atoms with Crippen molar-refractivity contribution < 1.29 is 29.7 Å². The van der Waals surface area contributed by atoms with Crippen molar-refractivity contribution in [1.82, 2.24) is 4.90 Å². The smallest absolute Gasteiger partial charge is 0.407 e. The molecule has 7 heteroatoms. The van der Waals surface area contributed by atoms with E-state index < -0.39 is 29.4 Å². The SMILES string of the molecule is O=C(O)CC1CCN(C(=O)O)CC1(Cc1ccccc1)C(=O)O. The molecular formula is C16H19NO6. The molecule has 1 heterocycles. The van der Waals surface area contributed by atoms with Gasteiger partial charge in [-0.2, -0.15) is 0 Å². The summed E-state index contributed by atoms with van der Waals surface area (Å²) >= 11 is 0. The van der Waals surface area contributed by atoms with Gasteiger partial charge in [0.25, 0.3) is 0 Å². The molecule has 23 heavy (non-hydrogen) atoms. The Morgan fingerprint density at radius 3 is 2.30 bits per heavy atom. The summed E-state index contributed by atoms with van der Waals surface area (Å²) < 4.78 is 0. The van der Waals surface area contributed by atoms with Crippen LogP contribution >= 0.6 is 0 Å². The monoisotopic (exact) mass is 321 g/mol. The largest absolute Gasteiger partial charge is 0.481 e. The van der Waals surface area contributed by atoms with Crippen LogP contribution in [0, 0.1) is 11.3 Å². The molecule has 2 rings (SSSR count). The molecule has 0 aromatic heterocycles. The average molecular weight is 321 g/mol. The molecule has 0 radical (unpaired) electrons. The van der Waals surface area contributed by atoms with Gasteiger partial charge in [-0.3, -0.25) is 9.59 Å². The zero-order valence-corrected chi connectivity index (χ0v) is 12.5. The number of amides is 1. The fraction of sp³-hybridized carbons (Fsp3) is 0.438. The first-order valence-electron chi connectivity index (χ1n) is 7.32. The van der Waals surface area contributed by atoms with Crippen molar-refractivity contribution >= 4 is 18.0 Å². The molecule has 1 amide bonds. The van der Waals surface area contributed by atoms with Gasteiger partial charge in [-0.1, -0.05) is 30.3 Å². The maximum Gasteiger partial charge on any atom is 0.407 e.